The Kier molecular flexibility index (Phi) is 10.9. The third kappa shape index (κ3) is 7.20. The van der Waals surface area contributed by atoms with E-state index in [0.717, 1.165) is 35.1 Å². The van der Waals surface area contributed by atoms with Crippen molar-refractivity contribution < 1.29 is 21.3 Å². The van der Waals surface area contributed by atoms with Crippen molar-refractivity contribution in [1.29, 1.82) is 0 Å². The molecule has 6 rings (SSSR count). The molecule has 2 aliphatic carbocycles. The van der Waals surface area contributed by atoms with Crippen LogP contribution in [0.2, 0.25) is 0 Å². The van der Waals surface area contributed by atoms with Crippen LogP contribution in [0, 0.1) is 0 Å². The molecule has 4 aromatic rings. The third-order valence-corrected chi connectivity index (χ3v) is 18.6. The predicted octanol–water partition coefficient (Wildman–Crippen LogP) is 12.2. The average molecular weight is 794 g/mol. The summed E-state index contributed by atoms with van der Waals surface area (Å²) >= 11 is 23.2. The first-order chi connectivity index (χ1) is 22.9. The van der Waals surface area contributed by atoms with Crippen molar-refractivity contribution in [1.82, 2.24) is 0 Å². The topological polar surface area (TPSA) is 0 Å². The molecule has 0 amide bonds. The van der Waals surface area contributed by atoms with E-state index in [1.165, 1.54) is 47.7 Å². The maximum atomic E-state index is 6.56. The van der Waals surface area contributed by atoms with Crippen molar-refractivity contribution in [2.45, 2.75) is 88.7 Å². The molecule has 0 saturated carbocycles. The first kappa shape index (κ1) is 36.1. The van der Waals surface area contributed by atoms with Gasteiger partial charge in [0.15, 0.2) is 0 Å². The fourth-order valence-corrected chi connectivity index (χ4v) is 16.8. The monoisotopic (exact) mass is 790 g/mol. The van der Waals surface area contributed by atoms with E-state index in [1.54, 1.807) is 6.55 Å². The van der Waals surface area contributed by atoms with E-state index in [-0.39, 0.29) is 10.8 Å². The van der Waals surface area contributed by atoms with Gasteiger partial charge in [0, 0.05) is 0 Å². The summed E-state index contributed by atoms with van der Waals surface area (Å²) in [5.41, 5.74) is 15.4. The number of benzene rings is 4. The van der Waals surface area contributed by atoms with Crippen molar-refractivity contribution in [2.75, 3.05) is 0 Å². The van der Waals surface area contributed by atoms with Crippen LogP contribution in [0.4, 0.5) is 0 Å². The quantitative estimate of drug-likeness (QED) is 0.137. The van der Waals surface area contributed by atoms with Crippen LogP contribution in [0.25, 0.3) is 11.1 Å². The number of halogens is 4. The van der Waals surface area contributed by atoms with Crippen LogP contribution >= 0.6 is 46.4 Å². The average Bonchev–Trinajstić information content (AvgIpc) is 3.73. The Labute approximate surface area is 315 Å². The molecule has 0 saturated heterocycles. The van der Waals surface area contributed by atoms with Crippen molar-refractivity contribution in [3.63, 3.8) is 0 Å². The molecule has 0 bridgehead atoms. The Hall–Kier alpha value is -1.73. The summed E-state index contributed by atoms with van der Waals surface area (Å²) < 4.78 is 4.62. The van der Waals surface area contributed by atoms with E-state index < -0.39 is 21.3 Å². The molecular formula is C43H44Cl4Zr. The van der Waals surface area contributed by atoms with Gasteiger partial charge in [0.25, 0.3) is 0 Å². The first-order valence-corrected chi connectivity index (χ1v) is 22.6. The van der Waals surface area contributed by atoms with Gasteiger partial charge in [-0.15, -0.1) is 0 Å². The van der Waals surface area contributed by atoms with Gasteiger partial charge in [-0.25, -0.2) is 0 Å². The van der Waals surface area contributed by atoms with Gasteiger partial charge in [-0.3, -0.25) is 0 Å². The summed E-state index contributed by atoms with van der Waals surface area (Å²) in [6.07, 6.45) is 8.94. The van der Waals surface area contributed by atoms with E-state index >= 15 is 0 Å². The van der Waals surface area contributed by atoms with E-state index in [2.05, 4.69) is 127 Å². The Morgan fingerprint density at radius 1 is 0.646 bits per heavy atom. The fourth-order valence-electron chi connectivity index (χ4n) is 7.31. The zero-order valence-electron chi connectivity index (χ0n) is 28.8. The first-order valence-electron chi connectivity index (χ1n) is 16.8. The molecule has 0 fully saturated rings. The standard InChI is InChI=1S/C21H25.C17H14Cl4.C5H5.Zr/c1-20(2,3)16-7-9-18-14(12-16)11-15-13-17(21(4,5)6)8-10-19(15)18;18-8-14-2-12(3-15(6-14)9-19)1-13-4-16(10-20)7-17(5-13)11-21;1-2-4-5-3-1;/h7-10,12H,11H2,1-6H3;2-7H,8-11H2;1-3H,4H2;. The summed E-state index contributed by atoms with van der Waals surface area (Å²) in [6.45, 7) is 14.0. The number of allylic oxidation sites excluding steroid dienone is 4. The second-order valence-electron chi connectivity index (χ2n) is 15.2. The number of hydrogen-bond acceptors (Lipinski definition) is 0. The van der Waals surface area contributed by atoms with E-state index in [1.807, 2.05) is 0 Å². The van der Waals surface area contributed by atoms with Crippen LogP contribution in [0.15, 0.2) is 88.2 Å². The van der Waals surface area contributed by atoms with Crippen molar-refractivity contribution in [2.24, 2.45) is 0 Å². The second kappa shape index (κ2) is 14.5. The normalized spacial score (nSPS) is 13.8. The SMILES string of the molecule is CC(C)(C)c1ccc2c(c1)Cc1c-2ccc(C(C)(C)C)[c]1[Zr]([C]1=CC=CC1)=[C](c1cc(CCl)cc(CCl)c1)c1cc(CCl)cc(CCl)c1. The maximum absolute atomic E-state index is 6.56. The Morgan fingerprint density at radius 3 is 1.65 bits per heavy atom. The van der Waals surface area contributed by atoms with Gasteiger partial charge < -0.3 is 0 Å². The van der Waals surface area contributed by atoms with Crippen molar-refractivity contribution in [3.8, 4) is 11.1 Å². The minimum atomic E-state index is -3.04. The van der Waals surface area contributed by atoms with Crippen LogP contribution in [-0.4, -0.2) is 3.21 Å². The number of fused-ring (bicyclic) bond motifs is 3. The van der Waals surface area contributed by atoms with Gasteiger partial charge in [-0.2, -0.15) is 0 Å². The van der Waals surface area contributed by atoms with Crippen LogP contribution in [0.5, 0.6) is 0 Å². The zero-order chi connectivity index (χ0) is 34.4. The molecule has 0 aliphatic heterocycles. The summed E-state index contributed by atoms with van der Waals surface area (Å²) in [5.74, 6) is 1.73. The Morgan fingerprint density at radius 2 is 1.19 bits per heavy atom. The third-order valence-electron chi connectivity index (χ3n) is 9.64. The van der Waals surface area contributed by atoms with Gasteiger partial charge in [0.05, 0.1) is 0 Å². The zero-order valence-corrected chi connectivity index (χ0v) is 34.3. The Bertz CT molecular complexity index is 1880. The molecule has 0 radical (unpaired) electrons. The van der Waals surface area contributed by atoms with Crippen molar-refractivity contribution in [3.05, 3.63) is 144 Å². The molecule has 0 nitrogen and oxygen atoms in total. The van der Waals surface area contributed by atoms with Crippen LogP contribution in [0.3, 0.4) is 0 Å². The summed E-state index contributed by atoms with van der Waals surface area (Å²) in [7, 11) is 0. The van der Waals surface area contributed by atoms with Gasteiger partial charge in [0.2, 0.25) is 0 Å². The molecular weight excluding hydrogens is 750 g/mol. The van der Waals surface area contributed by atoms with E-state index in [0.29, 0.717) is 23.5 Å². The van der Waals surface area contributed by atoms with Gasteiger partial charge in [-0.05, 0) is 0 Å². The predicted molar refractivity (Wildman–Crippen MR) is 208 cm³/mol. The Balaban J connectivity index is 1.78. The van der Waals surface area contributed by atoms with Gasteiger partial charge in [-0.1, -0.05) is 0 Å². The summed E-state index contributed by atoms with van der Waals surface area (Å²) in [5, 5.41) is 0. The molecule has 4 aromatic carbocycles. The van der Waals surface area contributed by atoms with Crippen LogP contribution in [-0.2, 0) is 62.0 Å². The minimum absolute atomic E-state index is 0.0439. The van der Waals surface area contributed by atoms with Crippen molar-refractivity contribution >= 4 is 52.9 Å². The summed E-state index contributed by atoms with van der Waals surface area (Å²) in [4.78, 5) is 0. The van der Waals surface area contributed by atoms with E-state index in [9.17, 15) is 0 Å². The van der Waals surface area contributed by atoms with E-state index in [4.69, 9.17) is 46.4 Å². The molecule has 248 valence electrons. The number of rotatable bonds is 8. The summed E-state index contributed by atoms with van der Waals surface area (Å²) in [6, 6.07) is 25.5. The molecule has 0 spiro atoms. The van der Waals surface area contributed by atoms with Gasteiger partial charge in [0.1, 0.15) is 0 Å². The molecule has 0 aromatic heterocycles. The fraction of sp³-hybridized carbons (Fsp3) is 0.326. The molecule has 2 aliphatic rings. The van der Waals surface area contributed by atoms with Crippen LogP contribution in [0.1, 0.15) is 104 Å². The second-order valence-corrected chi connectivity index (χ2v) is 22.2. The molecule has 48 heavy (non-hydrogen) atoms. The molecule has 0 atom stereocenters. The van der Waals surface area contributed by atoms with Gasteiger partial charge >= 0.3 is 318 Å². The molecule has 0 heterocycles. The van der Waals surface area contributed by atoms with Crippen LogP contribution < -0.4 is 3.27 Å². The molecule has 5 heteroatoms. The molecule has 0 unspecified atom stereocenters. The number of hydrogen-bond donors (Lipinski definition) is 0. The molecule has 0 N–H and O–H groups in total. The number of alkyl halides is 4.